The second kappa shape index (κ2) is 8.59. The van der Waals surface area contributed by atoms with Crippen LogP contribution in [0.2, 0.25) is 5.02 Å². The van der Waals surface area contributed by atoms with Crippen LogP contribution >= 0.6 is 11.6 Å². The average Bonchev–Trinajstić information content (AvgIpc) is 3.16. The number of nitrogens with one attached hydrogen (secondary N) is 2. The normalized spacial score (nSPS) is 18.3. The topological polar surface area (TPSA) is 93.1 Å². The highest BCUT2D eigenvalue weighted by molar-refractivity contribution is 6.30. The minimum absolute atomic E-state index is 0.239. The molecule has 2 N–H and O–H groups in total. The van der Waals surface area contributed by atoms with Gasteiger partial charge in [-0.05, 0) is 55.7 Å². The SMILES string of the molecule is CCC1(c2ccc(NC(=O)c3cnn(-c4cccc(Cl)c4)c3C)cc2)CCC(=O)NC1=O. The molecule has 1 atom stereocenters. The molecular formula is C24H23ClN4O3. The van der Waals surface area contributed by atoms with E-state index in [-0.39, 0.29) is 17.7 Å². The summed E-state index contributed by atoms with van der Waals surface area (Å²) >= 11 is 6.07. The summed E-state index contributed by atoms with van der Waals surface area (Å²) in [4.78, 5) is 37.0. The lowest BCUT2D eigenvalue weighted by atomic mass is 9.72. The summed E-state index contributed by atoms with van der Waals surface area (Å²) in [5, 5.41) is 10.2. The van der Waals surface area contributed by atoms with Crippen molar-refractivity contribution in [2.75, 3.05) is 5.32 Å². The first-order valence-corrected chi connectivity index (χ1v) is 10.8. The van der Waals surface area contributed by atoms with Crippen molar-refractivity contribution in [1.82, 2.24) is 15.1 Å². The van der Waals surface area contributed by atoms with E-state index in [1.165, 1.54) is 6.20 Å². The van der Waals surface area contributed by atoms with Crippen LogP contribution in [0.5, 0.6) is 0 Å². The summed E-state index contributed by atoms with van der Waals surface area (Å²) < 4.78 is 1.66. The lowest BCUT2D eigenvalue weighted by Crippen LogP contribution is -2.51. The number of hydrogen-bond donors (Lipinski definition) is 2. The van der Waals surface area contributed by atoms with Crippen molar-refractivity contribution in [2.24, 2.45) is 0 Å². The lowest BCUT2D eigenvalue weighted by molar-refractivity contribution is -0.138. The van der Waals surface area contributed by atoms with Crippen LogP contribution in [0.4, 0.5) is 5.69 Å². The molecule has 3 amide bonds. The standard InChI is InChI=1S/C24H23ClN4O3/c1-3-24(12-11-21(30)28-23(24)32)16-7-9-18(10-8-16)27-22(31)20-14-26-29(15(20)2)19-6-4-5-17(25)13-19/h4-10,13-14H,3,11-12H2,1-2H3,(H,27,31)(H,28,30,32). The maximum Gasteiger partial charge on any atom is 0.259 e. The highest BCUT2D eigenvalue weighted by Crippen LogP contribution is 2.36. The first kappa shape index (κ1) is 21.8. The number of halogens is 1. The van der Waals surface area contributed by atoms with Gasteiger partial charge in [0.1, 0.15) is 0 Å². The summed E-state index contributed by atoms with van der Waals surface area (Å²) in [5.74, 6) is -0.788. The molecule has 1 aromatic heterocycles. The zero-order valence-corrected chi connectivity index (χ0v) is 18.6. The fourth-order valence-corrected chi connectivity index (χ4v) is 4.32. The van der Waals surface area contributed by atoms with Gasteiger partial charge in [0.25, 0.3) is 5.91 Å². The number of piperidine rings is 1. The van der Waals surface area contributed by atoms with E-state index in [0.717, 1.165) is 11.3 Å². The molecule has 7 nitrogen and oxygen atoms in total. The fraction of sp³-hybridized carbons (Fsp3) is 0.250. The molecule has 3 aromatic rings. The Hall–Kier alpha value is -3.45. The Bertz CT molecular complexity index is 1200. The third kappa shape index (κ3) is 3.91. The van der Waals surface area contributed by atoms with Crippen molar-refractivity contribution in [1.29, 1.82) is 0 Å². The van der Waals surface area contributed by atoms with E-state index in [4.69, 9.17) is 11.6 Å². The van der Waals surface area contributed by atoms with E-state index < -0.39 is 5.41 Å². The maximum atomic E-state index is 12.8. The van der Waals surface area contributed by atoms with Gasteiger partial charge in [-0.2, -0.15) is 5.10 Å². The number of aromatic nitrogens is 2. The molecule has 0 saturated carbocycles. The summed E-state index contributed by atoms with van der Waals surface area (Å²) in [6.07, 6.45) is 2.89. The van der Waals surface area contributed by atoms with Gasteiger partial charge in [-0.1, -0.05) is 36.7 Å². The quantitative estimate of drug-likeness (QED) is 0.570. The third-order valence-electron chi connectivity index (χ3n) is 6.07. The molecule has 1 unspecified atom stereocenters. The van der Waals surface area contributed by atoms with Gasteiger partial charge in [-0.15, -0.1) is 0 Å². The fourth-order valence-electron chi connectivity index (χ4n) is 4.14. The smallest absolute Gasteiger partial charge is 0.259 e. The average molecular weight is 451 g/mol. The maximum absolute atomic E-state index is 12.8. The number of anilines is 1. The number of amides is 3. The summed E-state index contributed by atoms with van der Waals surface area (Å²) in [6.45, 7) is 3.76. The lowest BCUT2D eigenvalue weighted by Gasteiger charge is -2.35. The van der Waals surface area contributed by atoms with Crippen LogP contribution in [0, 0.1) is 6.92 Å². The van der Waals surface area contributed by atoms with Crippen molar-refractivity contribution in [3.8, 4) is 5.69 Å². The highest BCUT2D eigenvalue weighted by Gasteiger charge is 2.42. The summed E-state index contributed by atoms with van der Waals surface area (Å²) in [6, 6.07) is 14.4. The monoisotopic (exact) mass is 450 g/mol. The molecule has 0 bridgehead atoms. The minimum atomic E-state index is -0.731. The van der Waals surface area contributed by atoms with Crippen LogP contribution in [0.1, 0.15) is 47.8 Å². The molecule has 2 aromatic carbocycles. The second-order valence-corrected chi connectivity index (χ2v) is 8.32. The first-order valence-electron chi connectivity index (χ1n) is 10.4. The van der Waals surface area contributed by atoms with Crippen LogP contribution in [0.3, 0.4) is 0 Å². The predicted octanol–water partition coefficient (Wildman–Crippen LogP) is 4.17. The van der Waals surface area contributed by atoms with E-state index in [1.807, 2.05) is 38.1 Å². The minimum Gasteiger partial charge on any atom is -0.322 e. The first-order chi connectivity index (χ1) is 15.3. The molecule has 0 spiro atoms. The predicted molar refractivity (Wildman–Crippen MR) is 122 cm³/mol. The highest BCUT2D eigenvalue weighted by atomic mass is 35.5. The molecule has 1 aliphatic rings. The van der Waals surface area contributed by atoms with E-state index in [0.29, 0.717) is 41.2 Å². The molecule has 164 valence electrons. The molecule has 4 rings (SSSR count). The Morgan fingerprint density at radius 2 is 1.97 bits per heavy atom. The number of imide groups is 1. The van der Waals surface area contributed by atoms with E-state index in [9.17, 15) is 14.4 Å². The largest absolute Gasteiger partial charge is 0.322 e. The van der Waals surface area contributed by atoms with Crippen molar-refractivity contribution < 1.29 is 14.4 Å². The van der Waals surface area contributed by atoms with Crippen LogP contribution in [-0.2, 0) is 15.0 Å². The van der Waals surface area contributed by atoms with Crippen LogP contribution < -0.4 is 10.6 Å². The summed E-state index contributed by atoms with van der Waals surface area (Å²) in [7, 11) is 0. The van der Waals surface area contributed by atoms with Gasteiger partial charge in [-0.25, -0.2) is 4.68 Å². The summed E-state index contributed by atoms with van der Waals surface area (Å²) in [5.41, 5.74) is 2.61. The number of hydrogen-bond acceptors (Lipinski definition) is 4. The van der Waals surface area contributed by atoms with Crippen molar-refractivity contribution in [3.63, 3.8) is 0 Å². The van der Waals surface area contributed by atoms with E-state index in [2.05, 4.69) is 15.7 Å². The number of carbonyl (C=O) groups excluding carboxylic acids is 3. The number of rotatable bonds is 5. The zero-order valence-electron chi connectivity index (χ0n) is 17.8. The molecule has 1 saturated heterocycles. The molecule has 1 aliphatic heterocycles. The van der Waals surface area contributed by atoms with E-state index >= 15 is 0 Å². The Morgan fingerprint density at radius 3 is 2.62 bits per heavy atom. The molecule has 32 heavy (non-hydrogen) atoms. The zero-order chi connectivity index (χ0) is 22.9. The van der Waals surface area contributed by atoms with Gasteiger partial charge in [-0.3, -0.25) is 19.7 Å². The molecule has 0 aliphatic carbocycles. The second-order valence-electron chi connectivity index (χ2n) is 7.88. The van der Waals surface area contributed by atoms with Crippen molar-refractivity contribution in [2.45, 2.75) is 38.5 Å². The van der Waals surface area contributed by atoms with Gasteiger partial charge in [0.15, 0.2) is 0 Å². The van der Waals surface area contributed by atoms with Crippen LogP contribution in [0.15, 0.2) is 54.7 Å². The molecular weight excluding hydrogens is 428 g/mol. The van der Waals surface area contributed by atoms with Crippen molar-refractivity contribution in [3.05, 3.63) is 76.6 Å². The molecule has 0 radical (unpaired) electrons. The Kier molecular flexibility index (Phi) is 5.84. The molecule has 1 fully saturated rings. The number of benzene rings is 2. The van der Waals surface area contributed by atoms with Crippen LogP contribution in [0.25, 0.3) is 5.69 Å². The Balaban J connectivity index is 1.53. The Labute approximate surface area is 190 Å². The third-order valence-corrected chi connectivity index (χ3v) is 6.31. The molecule has 8 heteroatoms. The van der Waals surface area contributed by atoms with E-state index in [1.54, 1.807) is 28.9 Å². The van der Waals surface area contributed by atoms with Gasteiger partial charge in [0, 0.05) is 17.1 Å². The Morgan fingerprint density at radius 1 is 1.22 bits per heavy atom. The van der Waals surface area contributed by atoms with Crippen LogP contribution in [-0.4, -0.2) is 27.5 Å². The van der Waals surface area contributed by atoms with Gasteiger partial charge < -0.3 is 5.32 Å². The van der Waals surface area contributed by atoms with Gasteiger partial charge >= 0.3 is 0 Å². The number of nitrogens with zero attached hydrogens (tertiary/aromatic N) is 2. The van der Waals surface area contributed by atoms with Crippen molar-refractivity contribution >= 4 is 35.0 Å². The number of carbonyl (C=O) groups is 3. The molecule has 2 heterocycles. The van der Waals surface area contributed by atoms with Gasteiger partial charge in [0.2, 0.25) is 11.8 Å². The van der Waals surface area contributed by atoms with Gasteiger partial charge in [0.05, 0.1) is 28.6 Å².